The van der Waals surface area contributed by atoms with Crippen LogP contribution in [0.25, 0.3) is 234 Å². The van der Waals surface area contributed by atoms with E-state index in [9.17, 15) is 0 Å². The first kappa shape index (κ1) is 64.1. The van der Waals surface area contributed by atoms with Crippen LogP contribution in [0.2, 0.25) is 0 Å². The van der Waals surface area contributed by atoms with Gasteiger partial charge in [0.15, 0.2) is 0 Å². The van der Waals surface area contributed by atoms with Gasteiger partial charge in [-0.1, -0.05) is 191 Å². The summed E-state index contributed by atoms with van der Waals surface area (Å²) in [6.45, 7) is 0. The molecule has 0 spiro atoms. The molecular formula is C100H50N8O2PdS4. The molecule has 0 N–H and O–H groups in total. The molecule has 0 atom stereocenters. The largest absolute Gasteiger partial charge is 2.00 e. The number of imidazole rings is 4. The molecule has 28 rings (SSSR count). The minimum absolute atomic E-state index is 0. The van der Waals surface area contributed by atoms with Gasteiger partial charge in [-0.05, 0) is 155 Å². The average molecular weight is 1630 g/mol. The van der Waals surface area contributed by atoms with E-state index in [0.29, 0.717) is 11.5 Å². The Hall–Kier alpha value is -13.5. The van der Waals surface area contributed by atoms with E-state index in [1.54, 1.807) is 0 Å². The van der Waals surface area contributed by atoms with E-state index in [4.69, 9.17) is 29.4 Å². The Bertz CT molecular complexity index is 8200. The second-order valence-corrected chi connectivity index (χ2v) is 33.9. The summed E-state index contributed by atoms with van der Waals surface area (Å²) >= 11 is 7.36. The number of para-hydroxylation sites is 8. The number of pyridine rings is 4. The molecule has 16 aromatic carbocycles. The van der Waals surface area contributed by atoms with Gasteiger partial charge in [0.2, 0.25) is 0 Å². The molecule has 28 aromatic rings. The number of benzene rings is 16. The van der Waals surface area contributed by atoms with Crippen molar-refractivity contribution < 1.29 is 29.9 Å². The molecule has 0 saturated carbocycles. The molecule has 536 valence electrons. The zero-order valence-corrected chi connectivity index (χ0v) is 65.0. The van der Waals surface area contributed by atoms with Gasteiger partial charge >= 0.3 is 20.4 Å². The Kier molecular flexibility index (Phi) is 13.3. The van der Waals surface area contributed by atoms with Crippen molar-refractivity contribution in [1.82, 2.24) is 37.5 Å². The number of rotatable bonds is 4. The number of thiophene rings is 4. The molecule has 0 saturated heterocycles. The number of hydrogen-bond acceptors (Lipinski definition) is 10. The first-order chi connectivity index (χ1) is 56.5. The van der Waals surface area contributed by atoms with Crippen LogP contribution < -0.4 is 9.47 Å². The van der Waals surface area contributed by atoms with Crippen LogP contribution in [-0.4, -0.2) is 37.5 Å². The number of ether oxygens (including phenoxy) is 2. The van der Waals surface area contributed by atoms with Gasteiger partial charge < -0.3 is 18.3 Å². The quantitative estimate of drug-likeness (QED) is 0.0991. The van der Waals surface area contributed by atoms with Gasteiger partial charge in [-0.2, -0.15) is 0 Å². The van der Waals surface area contributed by atoms with Crippen LogP contribution in [0.5, 0.6) is 23.0 Å². The van der Waals surface area contributed by atoms with Crippen LogP contribution in [0, 0.1) is 12.1 Å². The summed E-state index contributed by atoms with van der Waals surface area (Å²) < 4.78 is 33.1. The molecule has 0 radical (unpaired) electrons. The molecule has 12 aromatic heterocycles. The van der Waals surface area contributed by atoms with Crippen LogP contribution in [0.4, 0.5) is 0 Å². The summed E-state index contributed by atoms with van der Waals surface area (Å²) in [4.78, 5) is 21.0. The standard InChI is InChI=1S/C50H26N4OS2.C50H24N4OS2.Pd/c2*1-7-15-41-33(9-1)45-43(56-41)23-21-31-29-19-17-27(25-35(29)49-51-37-11-3-5-13-39(37)53(49)47(31)45)55-28-18-20-30-32-22-24-44-46(34-10-2-8-16-42(34)57-44)48(32)54-40-14-6-4-12-38(40)52-50(54)36(30)26-28;/h1-26H;1-24H;/q;-2;+2. The van der Waals surface area contributed by atoms with Gasteiger partial charge in [-0.3, -0.25) is 18.8 Å². The Morgan fingerprint density at radius 2 is 0.504 bits per heavy atom. The summed E-state index contributed by atoms with van der Waals surface area (Å²) in [6.07, 6.45) is 0. The summed E-state index contributed by atoms with van der Waals surface area (Å²) in [5.74, 6) is 2.72. The van der Waals surface area contributed by atoms with Gasteiger partial charge in [0.05, 0.1) is 66.5 Å². The third-order valence-corrected chi connectivity index (χ3v) is 28.1. The fraction of sp³-hybridized carbons (Fsp3) is 0. The minimum Gasteiger partial charge on any atom is -0.497 e. The van der Waals surface area contributed by atoms with Crippen molar-refractivity contribution in [2.45, 2.75) is 0 Å². The van der Waals surface area contributed by atoms with Gasteiger partial charge in [-0.15, -0.1) is 57.5 Å². The summed E-state index contributed by atoms with van der Waals surface area (Å²) in [5.41, 5.74) is 16.5. The van der Waals surface area contributed by atoms with E-state index in [1.165, 1.54) is 114 Å². The normalized spacial score (nSPS) is 12.5. The smallest absolute Gasteiger partial charge is 0.497 e. The molecule has 0 aliphatic rings. The van der Waals surface area contributed by atoms with Crippen LogP contribution in [-0.2, 0) is 20.4 Å². The van der Waals surface area contributed by atoms with Crippen molar-refractivity contribution in [2.75, 3.05) is 0 Å². The topological polar surface area (TPSA) is 87.7 Å². The monoisotopic (exact) mass is 1630 g/mol. The molecule has 0 amide bonds. The van der Waals surface area contributed by atoms with E-state index >= 15 is 0 Å². The second kappa shape index (κ2) is 23.8. The Balaban J connectivity index is 0.000000125. The molecule has 10 nitrogen and oxygen atoms in total. The van der Waals surface area contributed by atoms with E-state index in [1.807, 2.05) is 57.5 Å². The van der Waals surface area contributed by atoms with Crippen LogP contribution in [0.1, 0.15) is 0 Å². The predicted molar refractivity (Wildman–Crippen MR) is 480 cm³/mol. The Labute approximate surface area is 679 Å². The van der Waals surface area contributed by atoms with Crippen molar-refractivity contribution in [2.24, 2.45) is 0 Å². The fourth-order valence-electron chi connectivity index (χ4n) is 18.8. The van der Waals surface area contributed by atoms with Crippen molar-refractivity contribution in [3.05, 3.63) is 315 Å². The van der Waals surface area contributed by atoms with Gasteiger partial charge in [0, 0.05) is 125 Å². The average Bonchev–Trinajstić information content (AvgIpc) is 1.59. The van der Waals surface area contributed by atoms with E-state index in [2.05, 4.69) is 321 Å². The Morgan fingerprint density at radius 3 is 0.852 bits per heavy atom. The first-order valence-electron chi connectivity index (χ1n) is 38.0. The molecule has 12 heterocycles. The van der Waals surface area contributed by atoms with Gasteiger partial charge in [0.25, 0.3) is 0 Å². The second-order valence-electron chi connectivity index (χ2n) is 29.6. The number of hydrogen-bond donors (Lipinski definition) is 0. The molecule has 0 fully saturated rings. The SMILES string of the molecule is [Pd+2].[c-]1c(Oc2[c-]c3c(cc2)c2ccc4sc5ccccc5c4c2n2c4ccccc4nc32)ccc2c1c1nc3ccccc3n1c1c2ccc2sc3ccccc3c21.c1ccc2c(c1)nc1c3cc(Oc4ccc5c(c4)c4nc6ccccc6n4c4c5ccc5sc6ccccc6c54)ccc3c3ccc4sc5ccccc5c4c3n21. The molecular weight excluding hydrogens is 1580 g/mol. The zero-order valence-electron chi connectivity index (χ0n) is 60.2. The van der Waals surface area contributed by atoms with Crippen molar-refractivity contribution in [1.29, 1.82) is 0 Å². The third-order valence-electron chi connectivity index (χ3n) is 23.6. The van der Waals surface area contributed by atoms with Crippen LogP contribution in [0.15, 0.2) is 303 Å². The van der Waals surface area contributed by atoms with E-state index in [-0.39, 0.29) is 20.4 Å². The maximum Gasteiger partial charge on any atom is 2.00 e. The summed E-state index contributed by atoms with van der Waals surface area (Å²) in [6, 6.07) is 115. The molecule has 0 aliphatic heterocycles. The third kappa shape index (κ3) is 8.94. The maximum absolute atomic E-state index is 6.82. The fourth-order valence-corrected chi connectivity index (χ4v) is 23.3. The van der Waals surface area contributed by atoms with Crippen molar-refractivity contribution >= 4 is 279 Å². The molecule has 115 heavy (non-hydrogen) atoms. The first-order valence-corrected chi connectivity index (χ1v) is 41.2. The molecule has 0 aliphatic carbocycles. The minimum atomic E-state index is 0. The van der Waals surface area contributed by atoms with Crippen LogP contribution >= 0.6 is 45.3 Å². The molecule has 0 unspecified atom stereocenters. The van der Waals surface area contributed by atoms with Gasteiger partial charge in [0.1, 0.15) is 22.8 Å². The van der Waals surface area contributed by atoms with Gasteiger partial charge in [-0.25, -0.2) is 9.97 Å². The predicted octanol–water partition coefficient (Wildman–Crippen LogP) is 28.5. The Morgan fingerprint density at radius 1 is 0.226 bits per heavy atom. The number of aromatic nitrogens is 8. The molecule has 15 heteroatoms. The maximum atomic E-state index is 6.82. The van der Waals surface area contributed by atoms with Crippen molar-refractivity contribution in [3.63, 3.8) is 0 Å². The van der Waals surface area contributed by atoms with Crippen molar-refractivity contribution in [3.8, 4) is 23.0 Å². The zero-order chi connectivity index (χ0) is 73.9. The van der Waals surface area contributed by atoms with E-state index in [0.717, 1.165) is 132 Å². The summed E-state index contributed by atoms with van der Waals surface area (Å²) in [5, 5.41) is 23.3. The number of nitrogens with zero attached hydrogens (tertiary/aromatic N) is 8. The van der Waals surface area contributed by atoms with E-state index < -0.39 is 0 Å². The van der Waals surface area contributed by atoms with Crippen LogP contribution in [0.3, 0.4) is 0 Å². The number of fused-ring (bicyclic) bond motifs is 48. The summed E-state index contributed by atoms with van der Waals surface area (Å²) in [7, 11) is 0. The molecule has 0 bridgehead atoms.